The molecule has 1 saturated carbocycles. The lowest BCUT2D eigenvalue weighted by Crippen LogP contribution is -2.57. The highest BCUT2D eigenvalue weighted by molar-refractivity contribution is 5.96. The first-order valence-electron chi connectivity index (χ1n) is 18.8. The summed E-state index contributed by atoms with van der Waals surface area (Å²) in [7, 11) is 1.63. The average molecular weight is 695 g/mol. The number of allylic oxidation sites excluding steroid dienone is 1. The number of piperidine rings is 1. The number of carbonyl (C=O) groups is 3. The van der Waals surface area contributed by atoms with Gasteiger partial charge in [0, 0.05) is 35.4 Å². The Labute approximate surface area is 300 Å². The fourth-order valence-corrected chi connectivity index (χ4v) is 8.15. The van der Waals surface area contributed by atoms with E-state index in [2.05, 4.69) is 22.4 Å². The fourth-order valence-electron chi connectivity index (χ4n) is 8.15. The number of fused-ring (bicyclic) bond motifs is 3. The number of rotatable bonds is 7. The molecule has 2 unspecified atom stereocenters. The number of hydrogen-bond acceptors (Lipinski definition) is 8. The number of hydrogen-bond donors (Lipinski definition) is 1. The Bertz CT molecular complexity index is 1760. The van der Waals surface area contributed by atoms with Gasteiger partial charge in [-0.15, -0.1) is 0 Å². The number of esters is 1. The second-order valence-electron chi connectivity index (χ2n) is 14.4. The van der Waals surface area contributed by atoms with Gasteiger partial charge in [-0.25, -0.2) is 9.78 Å². The van der Waals surface area contributed by atoms with Gasteiger partial charge in [-0.05, 0) is 70.7 Å². The molecule has 0 bridgehead atoms. The van der Waals surface area contributed by atoms with E-state index in [1.54, 1.807) is 18.9 Å². The zero-order valence-corrected chi connectivity index (χ0v) is 29.9. The van der Waals surface area contributed by atoms with E-state index in [4.69, 9.17) is 19.2 Å². The number of aromatic nitrogens is 1. The first-order chi connectivity index (χ1) is 24.9. The van der Waals surface area contributed by atoms with E-state index in [-0.39, 0.29) is 36.9 Å². The minimum Gasteiger partial charge on any atom is -0.497 e. The average Bonchev–Trinajstić information content (AvgIpc) is 3.69. The summed E-state index contributed by atoms with van der Waals surface area (Å²) in [4.78, 5) is 51.5. The van der Waals surface area contributed by atoms with Crippen LogP contribution in [0.2, 0.25) is 0 Å². The third-order valence-corrected chi connectivity index (χ3v) is 11.0. The smallest absolute Gasteiger partial charge is 0.332 e. The molecule has 1 N–H and O–H groups in total. The lowest BCUT2D eigenvalue weighted by Gasteiger charge is -2.37. The van der Waals surface area contributed by atoms with Crippen LogP contribution >= 0.6 is 0 Å². The molecular weight excluding hydrogens is 644 g/mol. The maximum atomic E-state index is 14.8. The summed E-state index contributed by atoms with van der Waals surface area (Å²) in [6.07, 6.45) is 12.5. The second kappa shape index (κ2) is 15.4. The van der Waals surface area contributed by atoms with Crippen molar-refractivity contribution in [2.75, 3.05) is 33.4 Å². The van der Waals surface area contributed by atoms with Crippen LogP contribution in [-0.2, 0) is 19.1 Å². The van der Waals surface area contributed by atoms with Crippen molar-refractivity contribution in [3.8, 4) is 22.8 Å². The molecule has 2 saturated heterocycles. The topological polar surface area (TPSA) is 110 Å². The minimum atomic E-state index is -1.12. The van der Waals surface area contributed by atoms with Crippen LogP contribution in [0.25, 0.3) is 22.2 Å². The number of nitrogens with one attached hydrogen (secondary N) is 1. The van der Waals surface area contributed by atoms with Crippen molar-refractivity contribution in [3.63, 3.8) is 0 Å². The second-order valence-corrected chi connectivity index (χ2v) is 14.4. The molecule has 0 spiro atoms. The lowest BCUT2D eigenvalue weighted by molar-refractivity contribution is -0.150. The molecule has 3 aliphatic heterocycles. The van der Waals surface area contributed by atoms with Gasteiger partial charge in [0.25, 0.3) is 0 Å². The van der Waals surface area contributed by atoms with Gasteiger partial charge >= 0.3 is 5.97 Å². The van der Waals surface area contributed by atoms with E-state index in [0.717, 1.165) is 80.2 Å². The Kier molecular flexibility index (Phi) is 10.6. The van der Waals surface area contributed by atoms with Gasteiger partial charge in [-0.2, -0.15) is 0 Å². The molecule has 4 aliphatic rings. The van der Waals surface area contributed by atoms with Crippen molar-refractivity contribution >= 4 is 28.7 Å². The van der Waals surface area contributed by atoms with E-state index < -0.39 is 23.7 Å². The summed E-state index contributed by atoms with van der Waals surface area (Å²) in [6.45, 7) is 4.03. The molecule has 4 heterocycles. The molecule has 3 fully saturated rings. The number of pyridine rings is 1. The van der Waals surface area contributed by atoms with Gasteiger partial charge in [0.1, 0.15) is 29.2 Å². The highest BCUT2D eigenvalue weighted by atomic mass is 16.5. The normalized spacial score (nSPS) is 27.5. The van der Waals surface area contributed by atoms with E-state index in [0.29, 0.717) is 24.3 Å². The molecule has 0 radical (unpaired) electrons. The van der Waals surface area contributed by atoms with E-state index in [1.807, 2.05) is 54.6 Å². The molecule has 2 amide bonds. The maximum absolute atomic E-state index is 14.8. The summed E-state index contributed by atoms with van der Waals surface area (Å²) in [6, 6.07) is 16.5. The molecule has 1 aromatic heterocycles. The zero-order chi connectivity index (χ0) is 35.4. The van der Waals surface area contributed by atoms with Crippen molar-refractivity contribution in [2.45, 2.75) is 94.9 Å². The predicted molar refractivity (Wildman–Crippen MR) is 195 cm³/mol. The van der Waals surface area contributed by atoms with Gasteiger partial charge in [0.15, 0.2) is 0 Å². The molecule has 5 atom stereocenters. The van der Waals surface area contributed by atoms with E-state index in [9.17, 15) is 14.4 Å². The third-order valence-electron chi connectivity index (χ3n) is 11.0. The van der Waals surface area contributed by atoms with Crippen LogP contribution < -0.4 is 14.8 Å². The molecule has 10 nitrogen and oxygen atoms in total. The largest absolute Gasteiger partial charge is 0.497 e. The minimum absolute atomic E-state index is 0.0250. The molecule has 270 valence electrons. The third kappa shape index (κ3) is 7.47. The number of amides is 2. The number of nitrogens with zero attached hydrogens (tertiary/aromatic N) is 3. The van der Waals surface area contributed by atoms with Crippen molar-refractivity contribution in [2.24, 2.45) is 5.92 Å². The molecule has 1 aliphatic carbocycles. The fraction of sp³-hybridized carbons (Fsp3) is 0.512. The maximum Gasteiger partial charge on any atom is 0.332 e. The van der Waals surface area contributed by atoms with Gasteiger partial charge in [0.05, 0.1) is 37.5 Å². The molecule has 10 heteroatoms. The number of carbonyl (C=O) groups excluding carboxylic acids is 3. The van der Waals surface area contributed by atoms with Crippen LogP contribution in [0.5, 0.6) is 11.5 Å². The summed E-state index contributed by atoms with van der Waals surface area (Å²) < 4.78 is 17.8. The van der Waals surface area contributed by atoms with E-state index >= 15 is 0 Å². The van der Waals surface area contributed by atoms with Crippen LogP contribution in [0, 0.1) is 5.92 Å². The van der Waals surface area contributed by atoms with Crippen LogP contribution in [0.15, 0.2) is 66.7 Å². The monoisotopic (exact) mass is 694 g/mol. The quantitative estimate of drug-likeness (QED) is 0.235. The number of ether oxygens (including phenoxy) is 3. The first kappa shape index (κ1) is 35.0. The van der Waals surface area contributed by atoms with E-state index in [1.165, 1.54) is 6.42 Å². The number of methoxy groups -OCH3 is 1. The standard InChI is InChI=1S/C41H50N4O6/c1-3-50-40(48)41-26-29(41)17-11-5-4-6-12-18-35(44-21-13-8-14-22-44)39(47)45-27-31(24-36(45)38(46)43-41)51-37-25-33(28-15-9-7-10-16-28)42-34-23-30(49-2)19-20-32(34)37/h7,9-11,15-17,19-20,23,25,29,31,35-36H,3-6,8,12-14,18,21-22,24,26-27H2,1-2H3,(H,43,46)/t29?,31-,35+,36+,41?/m1/s1. The molecule has 2 aromatic carbocycles. The molecule has 51 heavy (non-hydrogen) atoms. The Balaban J connectivity index is 1.23. The van der Waals surface area contributed by atoms with Crippen LogP contribution in [0.4, 0.5) is 0 Å². The van der Waals surface area contributed by atoms with Gasteiger partial charge < -0.3 is 24.4 Å². The van der Waals surface area contributed by atoms with Gasteiger partial charge in [-0.1, -0.05) is 61.7 Å². The van der Waals surface area contributed by atoms with Crippen LogP contribution in [0.3, 0.4) is 0 Å². The summed E-state index contributed by atoms with van der Waals surface area (Å²) >= 11 is 0. The number of likely N-dealkylation sites (tertiary alicyclic amines) is 1. The highest BCUT2D eigenvalue weighted by Crippen LogP contribution is 2.46. The molecule has 7 rings (SSSR count). The first-order valence-corrected chi connectivity index (χ1v) is 18.8. The van der Waals surface area contributed by atoms with Crippen molar-refractivity contribution < 1.29 is 28.6 Å². The SMILES string of the molecule is CCOC(=O)C12CC1C=CCCCCC[C@H](N1CCCCC1)C(=O)N1C[C@H](Oc3cc(-c4ccccc4)nc4cc(OC)ccc34)C[C@H]1C(=O)N2. The zero-order valence-electron chi connectivity index (χ0n) is 29.9. The molecule has 3 aromatic rings. The Hall–Kier alpha value is -4.44. The Morgan fingerprint density at radius 2 is 1.78 bits per heavy atom. The van der Waals surface area contributed by atoms with Crippen molar-refractivity contribution in [3.05, 3.63) is 66.7 Å². The Morgan fingerprint density at radius 3 is 2.57 bits per heavy atom. The highest BCUT2D eigenvalue weighted by Gasteiger charge is 2.62. The van der Waals surface area contributed by atoms with Gasteiger partial charge in [-0.3, -0.25) is 14.5 Å². The summed E-state index contributed by atoms with van der Waals surface area (Å²) in [5, 5.41) is 3.93. The number of benzene rings is 2. The van der Waals surface area contributed by atoms with Gasteiger partial charge in [0.2, 0.25) is 11.8 Å². The summed E-state index contributed by atoms with van der Waals surface area (Å²) in [5.74, 6) is 0.404. The van der Waals surface area contributed by atoms with Crippen LogP contribution in [0.1, 0.15) is 71.1 Å². The van der Waals surface area contributed by atoms with Crippen molar-refractivity contribution in [1.82, 2.24) is 20.1 Å². The Morgan fingerprint density at radius 1 is 0.980 bits per heavy atom. The van der Waals surface area contributed by atoms with Crippen LogP contribution in [-0.4, -0.2) is 89.6 Å². The predicted octanol–water partition coefficient (Wildman–Crippen LogP) is 6.07. The molecular formula is C41H50N4O6. The summed E-state index contributed by atoms with van der Waals surface area (Å²) in [5.41, 5.74) is 1.31. The van der Waals surface area contributed by atoms with Crippen molar-refractivity contribution in [1.29, 1.82) is 0 Å². The lowest BCUT2D eigenvalue weighted by atomic mass is 10.0.